The van der Waals surface area contributed by atoms with Gasteiger partial charge in [-0.1, -0.05) is 48.5 Å². The third-order valence-electron chi connectivity index (χ3n) is 8.58. The van der Waals surface area contributed by atoms with E-state index in [4.69, 9.17) is 4.74 Å². The Bertz CT molecular complexity index is 1140. The molecule has 0 spiro atoms. The van der Waals surface area contributed by atoms with Gasteiger partial charge < -0.3 is 20.1 Å². The number of fused-ring (bicyclic) bond motifs is 4. The van der Waals surface area contributed by atoms with E-state index in [0.717, 1.165) is 12.8 Å². The van der Waals surface area contributed by atoms with E-state index in [2.05, 4.69) is 29.6 Å². The maximum atomic E-state index is 12.9. The van der Waals surface area contributed by atoms with E-state index >= 15 is 0 Å². The second kappa shape index (κ2) is 8.40. The molecule has 2 N–H and O–H groups in total. The average molecular weight is 475 g/mol. The van der Waals surface area contributed by atoms with E-state index in [9.17, 15) is 19.5 Å². The highest BCUT2D eigenvalue weighted by molar-refractivity contribution is 5.89. The molecular formula is C28H30N2O5. The van der Waals surface area contributed by atoms with E-state index in [1.54, 1.807) is 4.90 Å². The standard InChI is InChI=1S/C28H30N2O5/c31-25(30-15-18-13-28(30,14-18)26(32)33)12-17-9-10-19(11-17)29-27(34)35-16-24-22-7-3-1-5-20(22)21-6-2-4-8-23(21)24/h1-8,17-19,24H,9-16H2,(H,29,34)(H,32,33)/t17-,18?,19+,28?/m0/s1. The van der Waals surface area contributed by atoms with Gasteiger partial charge in [-0.3, -0.25) is 4.79 Å². The first-order valence-corrected chi connectivity index (χ1v) is 12.6. The maximum Gasteiger partial charge on any atom is 0.407 e. The number of hydrogen-bond acceptors (Lipinski definition) is 4. The fourth-order valence-electron chi connectivity index (χ4n) is 6.86. The van der Waals surface area contributed by atoms with Crippen LogP contribution in [0.2, 0.25) is 0 Å². The van der Waals surface area contributed by atoms with Crippen molar-refractivity contribution in [1.29, 1.82) is 0 Å². The van der Waals surface area contributed by atoms with Crippen LogP contribution in [0.3, 0.4) is 0 Å². The van der Waals surface area contributed by atoms with Gasteiger partial charge in [-0.05, 0) is 66.2 Å². The molecule has 2 bridgehead atoms. The van der Waals surface area contributed by atoms with Gasteiger partial charge in [0.2, 0.25) is 5.91 Å². The van der Waals surface area contributed by atoms with Crippen molar-refractivity contribution in [1.82, 2.24) is 10.2 Å². The molecule has 0 unspecified atom stereocenters. The monoisotopic (exact) mass is 474 g/mol. The van der Waals surface area contributed by atoms with Crippen LogP contribution >= 0.6 is 0 Å². The van der Waals surface area contributed by atoms with E-state index < -0.39 is 17.6 Å². The maximum absolute atomic E-state index is 12.9. The molecule has 2 amide bonds. The van der Waals surface area contributed by atoms with Crippen molar-refractivity contribution >= 4 is 18.0 Å². The zero-order valence-electron chi connectivity index (χ0n) is 19.6. The van der Waals surface area contributed by atoms with Crippen LogP contribution in [0.25, 0.3) is 11.1 Å². The number of amides is 2. The third-order valence-corrected chi connectivity index (χ3v) is 8.58. The molecule has 35 heavy (non-hydrogen) atoms. The zero-order chi connectivity index (χ0) is 24.2. The highest BCUT2D eigenvalue weighted by Crippen LogP contribution is 2.51. The number of hydrogen-bond donors (Lipinski definition) is 2. The Morgan fingerprint density at radius 3 is 2.31 bits per heavy atom. The van der Waals surface area contributed by atoms with Crippen LogP contribution in [0.1, 0.15) is 55.6 Å². The molecule has 2 aromatic carbocycles. The van der Waals surface area contributed by atoms with Gasteiger partial charge in [-0.15, -0.1) is 0 Å². The van der Waals surface area contributed by atoms with E-state index in [0.29, 0.717) is 38.1 Å². The van der Waals surface area contributed by atoms with Crippen molar-refractivity contribution in [2.24, 2.45) is 11.8 Å². The second-order valence-corrected chi connectivity index (χ2v) is 10.7. The first-order valence-electron chi connectivity index (χ1n) is 12.6. The lowest BCUT2D eigenvalue weighted by Crippen LogP contribution is -2.54. The lowest BCUT2D eigenvalue weighted by Gasteiger charge is -2.38. The molecule has 7 nitrogen and oxygen atoms in total. The van der Waals surface area contributed by atoms with Crippen LogP contribution < -0.4 is 5.32 Å². The molecule has 0 aromatic heterocycles. The topological polar surface area (TPSA) is 95.9 Å². The highest BCUT2D eigenvalue weighted by atomic mass is 16.5. The van der Waals surface area contributed by atoms with E-state index in [1.807, 2.05) is 24.3 Å². The normalized spacial score (nSPS) is 28.2. The summed E-state index contributed by atoms with van der Waals surface area (Å²) >= 11 is 0. The van der Waals surface area contributed by atoms with Gasteiger partial charge in [0, 0.05) is 24.9 Å². The lowest BCUT2D eigenvalue weighted by molar-refractivity contribution is -0.158. The Kier molecular flexibility index (Phi) is 5.31. The molecule has 7 heteroatoms. The summed E-state index contributed by atoms with van der Waals surface area (Å²) in [6.07, 6.45) is 3.47. The third kappa shape index (κ3) is 3.68. The Morgan fingerprint density at radius 2 is 1.66 bits per heavy atom. The number of benzene rings is 2. The predicted molar refractivity (Wildman–Crippen MR) is 129 cm³/mol. The van der Waals surface area contributed by atoms with Gasteiger partial charge in [-0.2, -0.15) is 0 Å². The van der Waals surface area contributed by atoms with Crippen molar-refractivity contribution in [3.8, 4) is 11.1 Å². The van der Waals surface area contributed by atoms with Crippen LogP contribution in [-0.4, -0.2) is 52.7 Å². The summed E-state index contributed by atoms with van der Waals surface area (Å²) in [5, 5.41) is 12.6. The Morgan fingerprint density at radius 1 is 1.00 bits per heavy atom. The van der Waals surface area contributed by atoms with Gasteiger partial charge >= 0.3 is 12.1 Å². The number of alkyl carbamates (subject to hydrolysis) is 1. The van der Waals surface area contributed by atoms with Crippen molar-refractivity contribution in [3.05, 3.63) is 59.7 Å². The molecule has 0 radical (unpaired) electrons. The quantitative estimate of drug-likeness (QED) is 0.656. The predicted octanol–water partition coefficient (Wildman–Crippen LogP) is 4.16. The van der Waals surface area contributed by atoms with Gasteiger partial charge in [0.15, 0.2) is 0 Å². The molecule has 3 aliphatic carbocycles. The summed E-state index contributed by atoms with van der Waals surface area (Å²) in [6.45, 7) is 0.848. The molecule has 7 rings (SSSR count). The lowest BCUT2D eigenvalue weighted by atomic mass is 9.73. The van der Waals surface area contributed by atoms with Crippen LogP contribution in [0.4, 0.5) is 4.79 Å². The van der Waals surface area contributed by atoms with Crippen LogP contribution in [0, 0.1) is 11.8 Å². The minimum absolute atomic E-state index is 0.0235. The summed E-state index contributed by atoms with van der Waals surface area (Å²) in [6, 6.07) is 16.5. The van der Waals surface area contributed by atoms with Gasteiger partial charge in [-0.25, -0.2) is 9.59 Å². The summed E-state index contributed by atoms with van der Waals surface area (Å²) in [5.41, 5.74) is 3.79. The fraction of sp³-hybridized carbons (Fsp3) is 0.464. The number of carbonyl (C=O) groups excluding carboxylic acids is 2. The molecule has 2 saturated carbocycles. The summed E-state index contributed by atoms with van der Waals surface area (Å²) < 4.78 is 5.67. The minimum atomic E-state index is -0.959. The van der Waals surface area contributed by atoms with Crippen molar-refractivity contribution in [2.75, 3.05) is 13.2 Å². The number of carboxylic acids is 1. The first kappa shape index (κ1) is 22.1. The number of ether oxygens (including phenoxy) is 1. The number of carboxylic acid groups (broad SMARTS) is 1. The van der Waals surface area contributed by atoms with Crippen LogP contribution in [0.5, 0.6) is 0 Å². The molecule has 5 aliphatic rings. The first-order chi connectivity index (χ1) is 16.9. The van der Waals surface area contributed by atoms with Crippen molar-refractivity contribution < 1.29 is 24.2 Å². The fourth-order valence-corrected chi connectivity index (χ4v) is 6.86. The van der Waals surface area contributed by atoms with Crippen molar-refractivity contribution in [3.63, 3.8) is 0 Å². The number of aliphatic carboxylic acids is 1. The van der Waals surface area contributed by atoms with Crippen molar-refractivity contribution in [2.45, 2.75) is 56.0 Å². The molecule has 182 valence electrons. The van der Waals surface area contributed by atoms with E-state index in [-0.39, 0.29) is 30.4 Å². The minimum Gasteiger partial charge on any atom is -0.479 e. The summed E-state index contributed by atoms with van der Waals surface area (Å²) in [4.78, 5) is 38.8. The molecule has 2 aromatic rings. The number of rotatable bonds is 6. The molecule has 2 atom stereocenters. The molecular weight excluding hydrogens is 444 g/mol. The summed E-state index contributed by atoms with van der Waals surface area (Å²) in [5.74, 6) is -0.415. The Labute approximate surface area is 204 Å². The molecule has 2 saturated heterocycles. The highest BCUT2D eigenvalue weighted by Gasteiger charge is 2.62. The second-order valence-electron chi connectivity index (χ2n) is 10.7. The zero-order valence-corrected chi connectivity index (χ0v) is 19.6. The summed E-state index contributed by atoms with van der Waals surface area (Å²) in [7, 11) is 0. The number of nitrogens with one attached hydrogen (secondary N) is 1. The van der Waals surface area contributed by atoms with Gasteiger partial charge in [0.1, 0.15) is 12.1 Å². The smallest absolute Gasteiger partial charge is 0.407 e. The van der Waals surface area contributed by atoms with Crippen LogP contribution in [0.15, 0.2) is 48.5 Å². The molecule has 4 fully saturated rings. The average Bonchev–Trinajstić information content (AvgIpc) is 3.58. The number of carbonyl (C=O) groups is 3. The van der Waals surface area contributed by atoms with Gasteiger partial charge in [0.25, 0.3) is 0 Å². The molecule has 2 heterocycles. The van der Waals surface area contributed by atoms with Gasteiger partial charge in [0.05, 0.1) is 0 Å². The Balaban J connectivity index is 1.01. The number of nitrogens with zero attached hydrogens (tertiary/aromatic N) is 1. The van der Waals surface area contributed by atoms with E-state index in [1.165, 1.54) is 22.3 Å². The van der Waals surface area contributed by atoms with Crippen LogP contribution in [-0.2, 0) is 14.3 Å². The SMILES string of the molecule is O=C(N[C@@H]1CC[C@H](CC(=O)N2CC3CC2(C(=O)O)C3)C1)OCC1c2ccccc2-c2ccccc21. The molecule has 2 aliphatic heterocycles. The largest absolute Gasteiger partial charge is 0.479 e. The Hall–Kier alpha value is -3.35.